The van der Waals surface area contributed by atoms with Crippen molar-refractivity contribution in [2.75, 3.05) is 12.4 Å². The van der Waals surface area contributed by atoms with E-state index in [-0.39, 0.29) is 0 Å². The number of benzene rings is 1. The summed E-state index contributed by atoms with van der Waals surface area (Å²) in [6.45, 7) is 2.30. The van der Waals surface area contributed by atoms with E-state index in [0.29, 0.717) is 16.6 Å². The van der Waals surface area contributed by atoms with Crippen molar-refractivity contribution >= 4 is 23.3 Å². The Morgan fingerprint density at radius 2 is 2.00 bits per heavy atom. The molecular weight excluding hydrogens is 262 g/mol. The Kier molecular flexibility index (Phi) is 4.70. The summed E-state index contributed by atoms with van der Waals surface area (Å²) in [4.78, 5) is 11.6. The molecule has 1 aliphatic carbocycles. The number of hydrogen-bond acceptors (Lipinski definition) is 3. The third kappa shape index (κ3) is 3.63. The fourth-order valence-electron chi connectivity index (χ4n) is 2.52. The first-order valence-electron chi connectivity index (χ1n) is 6.74. The Morgan fingerprint density at radius 3 is 2.63 bits per heavy atom. The molecule has 4 heteroatoms. The second-order valence-electron chi connectivity index (χ2n) is 5.29. The van der Waals surface area contributed by atoms with E-state index in [2.05, 4.69) is 12.2 Å². The lowest BCUT2D eigenvalue weighted by atomic mass is 9.87. The number of ether oxygens (including phenoxy) is 1. The van der Waals surface area contributed by atoms with Gasteiger partial charge in [0.1, 0.15) is 0 Å². The molecule has 0 heterocycles. The number of halogens is 1. The predicted octanol–water partition coefficient (Wildman–Crippen LogP) is 4.12. The van der Waals surface area contributed by atoms with Crippen molar-refractivity contribution in [3.05, 3.63) is 28.8 Å². The summed E-state index contributed by atoms with van der Waals surface area (Å²) in [6.07, 6.45) is 4.87. The Bertz CT molecular complexity index is 453. The number of nitrogens with one attached hydrogen (secondary N) is 1. The zero-order valence-corrected chi connectivity index (χ0v) is 12.2. The van der Waals surface area contributed by atoms with E-state index in [0.717, 1.165) is 11.6 Å². The van der Waals surface area contributed by atoms with Gasteiger partial charge >= 0.3 is 5.97 Å². The number of rotatable bonds is 3. The van der Waals surface area contributed by atoms with Crippen LogP contribution in [0.25, 0.3) is 0 Å². The van der Waals surface area contributed by atoms with Crippen molar-refractivity contribution in [3.63, 3.8) is 0 Å². The molecule has 1 saturated carbocycles. The maximum Gasteiger partial charge on any atom is 0.339 e. The third-order valence-electron chi connectivity index (χ3n) is 3.76. The quantitative estimate of drug-likeness (QED) is 0.847. The van der Waals surface area contributed by atoms with Crippen LogP contribution in [-0.4, -0.2) is 19.1 Å². The second-order valence-corrected chi connectivity index (χ2v) is 5.69. The van der Waals surface area contributed by atoms with Crippen molar-refractivity contribution in [3.8, 4) is 0 Å². The van der Waals surface area contributed by atoms with Gasteiger partial charge in [0, 0.05) is 11.7 Å². The molecular formula is C15H20ClNO2. The topological polar surface area (TPSA) is 38.3 Å². The van der Waals surface area contributed by atoms with E-state index < -0.39 is 5.97 Å². The van der Waals surface area contributed by atoms with E-state index in [9.17, 15) is 4.79 Å². The molecule has 0 aromatic heterocycles. The molecule has 0 unspecified atom stereocenters. The Labute approximate surface area is 119 Å². The molecule has 3 nitrogen and oxygen atoms in total. The van der Waals surface area contributed by atoms with Gasteiger partial charge in [-0.05, 0) is 49.8 Å². The molecule has 19 heavy (non-hydrogen) atoms. The normalized spacial score (nSPS) is 22.9. The molecule has 0 atom stereocenters. The van der Waals surface area contributed by atoms with Crippen LogP contribution >= 0.6 is 11.6 Å². The fourth-order valence-corrected chi connectivity index (χ4v) is 2.72. The van der Waals surface area contributed by atoms with Crippen molar-refractivity contribution in [2.45, 2.75) is 38.6 Å². The van der Waals surface area contributed by atoms with E-state index in [1.54, 1.807) is 12.1 Å². The van der Waals surface area contributed by atoms with Crippen LogP contribution in [0.3, 0.4) is 0 Å². The van der Waals surface area contributed by atoms with E-state index >= 15 is 0 Å². The monoisotopic (exact) mass is 281 g/mol. The van der Waals surface area contributed by atoms with Gasteiger partial charge in [0.15, 0.2) is 0 Å². The molecule has 1 N–H and O–H groups in total. The van der Waals surface area contributed by atoms with Crippen molar-refractivity contribution in [2.24, 2.45) is 5.92 Å². The molecule has 0 amide bonds. The molecule has 0 saturated heterocycles. The highest BCUT2D eigenvalue weighted by Gasteiger charge is 2.19. The lowest BCUT2D eigenvalue weighted by Crippen LogP contribution is -2.25. The number of esters is 1. The summed E-state index contributed by atoms with van der Waals surface area (Å²) in [7, 11) is 1.36. The highest BCUT2D eigenvalue weighted by atomic mass is 35.5. The first kappa shape index (κ1) is 14.2. The van der Waals surface area contributed by atoms with Gasteiger partial charge < -0.3 is 10.1 Å². The zero-order valence-electron chi connectivity index (χ0n) is 11.4. The SMILES string of the molecule is COC(=O)c1cc(NC2CCC(C)CC2)ccc1Cl. The van der Waals surface area contributed by atoms with E-state index in [4.69, 9.17) is 16.3 Å². The molecule has 1 aromatic carbocycles. The van der Waals surface area contributed by atoms with Crippen LogP contribution in [0.1, 0.15) is 43.0 Å². The maximum absolute atomic E-state index is 11.6. The van der Waals surface area contributed by atoms with Crippen molar-refractivity contribution < 1.29 is 9.53 Å². The third-order valence-corrected chi connectivity index (χ3v) is 4.09. The molecule has 104 valence electrons. The molecule has 1 aliphatic rings. The molecule has 1 aromatic rings. The van der Waals surface area contributed by atoms with Crippen LogP contribution in [0.2, 0.25) is 5.02 Å². The smallest absolute Gasteiger partial charge is 0.339 e. The number of anilines is 1. The average molecular weight is 282 g/mol. The minimum Gasteiger partial charge on any atom is -0.465 e. The summed E-state index contributed by atoms with van der Waals surface area (Å²) in [5.74, 6) is 0.430. The molecule has 0 radical (unpaired) electrons. The lowest BCUT2D eigenvalue weighted by molar-refractivity contribution is 0.0601. The highest BCUT2D eigenvalue weighted by Crippen LogP contribution is 2.27. The fraction of sp³-hybridized carbons (Fsp3) is 0.533. The van der Waals surface area contributed by atoms with Gasteiger partial charge in [-0.1, -0.05) is 18.5 Å². The second kappa shape index (κ2) is 6.29. The highest BCUT2D eigenvalue weighted by molar-refractivity contribution is 6.33. The zero-order chi connectivity index (χ0) is 13.8. The minimum atomic E-state index is -0.397. The van der Waals surface area contributed by atoms with Crippen LogP contribution in [0.5, 0.6) is 0 Å². The van der Waals surface area contributed by atoms with Crippen molar-refractivity contribution in [1.82, 2.24) is 0 Å². The van der Waals surface area contributed by atoms with Gasteiger partial charge in [0.25, 0.3) is 0 Å². The molecule has 1 fully saturated rings. The van der Waals surface area contributed by atoms with Crippen LogP contribution in [0.4, 0.5) is 5.69 Å². The molecule has 0 aliphatic heterocycles. The largest absolute Gasteiger partial charge is 0.465 e. The Balaban J connectivity index is 2.06. The summed E-state index contributed by atoms with van der Waals surface area (Å²) in [6, 6.07) is 5.91. The predicted molar refractivity (Wildman–Crippen MR) is 77.8 cm³/mol. The summed E-state index contributed by atoms with van der Waals surface area (Å²) in [5, 5.41) is 3.91. The number of hydrogen-bond donors (Lipinski definition) is 1. The molecule has 2 rings (SSSR count). The van der Waals surface area contributed by atoms with Gasteiger partial charge in [-0.25, -0.2) is 4.79 Å². The van der Waals surface area contributed by atoms with Crippen LogP contribution < -0.4 is 5.32 Å². The van der Waals surface area contributed by atoms with Crippen LogP contribution in [-0.2, 0) is 4.74 Å². The molecule has 0 bridgehead atoms. The molecule has 0 spiro atoms. The summed E-state index contributed by atoms with van der Waals surface area (Å²) >= 11 is 6.00. The van der Waals surface area contributed by atoms with Gasteiger partial charge in [-0.2, -0.15) is 0 Å². The van der Waals surface area contributed by atoms with Gasteiger partial charge in [-0.15, -0.1) is 0 Å². The average Bonchev–Trinajstić information content (AvgIpc) is 2.42. The standard InChI is InChI=1S/C15H20ClNO2/c1-10-3-5-11(6-4-10)17-12-7-8-14(16)13(9-12)15(18)19-2/h7-11,17H,3-6H2,1-2H3. The Hall–Kier alpha value is -1.22. The van der Waals surface area contributed by atoms with Gasteiger partial charge in [-0.3, -0.25) is 0 Å². The number of carbonyl (C=O) groups excluding carboxylic acids is 1. The van der Waals surface area contributed by atoms with Crippen LogP contribution in [0, 0.1) is 5.92 Å². The van der Waals surface area contributed by atoms with E-state index in [1.165, 1.54) is 32.8 Å². The van der Waals surface area contributed by atoms with Gasteiger partial charge in [0.2, 0.25) is 0 Å². The van der Waals surface area contributed by atoms with Crippen molar-refractivity contribution in [1.29, 1.82) is 0 Å². The van der Waals surface area contributed by atoms with E-state index in [1.807, 2.05) is 6.07 Å². The maximum atomic E-state index is 11.6. The summed E-state index contributed by atoms with van der Waals surface area (Å²) < 4.78 is 4.72. The summed E-state index contributed by atoms with van der Waals surface area (Å²) in [5.41, 5.74) is 1.35. The number of carbonyl (C=O) groups is 1. The van der Waals surface area contributed by atoms with Crippen LogP contribution in [0.15, 0.2) is 18.2 Å². The first-order valence-corrected chi connectivity index (χ1v) is 7.12. The lowest BCUT2D eigenvalue weighted by Gasteiger charge is -2.27. The first-order chi connectivity index (χ1) is 9.10. The van der Waals surface area contributed by atoms with Gasteiger partial charge in [0.05, 0.1) is 17.7 Å². The minimum absolute atomic E-state index is 0.397. The number of methoxy groups -OCH3 is 1. The Morgan fingerprint density at radius 1 is 1.32 bits per heavy atom.